The number of nitrogens with two attached hydrogens (primary N) is 1. The van der Waals surface area contributed by atoms with E-state index in [1.165, 1.54) is 0 Å². The molecule has 1 aliphatic rings. The first kappa shape index (κ1) is 11.6. The largest absolute Gasteiger partial charge is 0.330 e. The minimum absolute atomic E-state index is 0.141. The van der Waals surface area contributed by atoms with Crippen molar-refractivity contribution in [3.63, 3.8) is 0 Å². The summed E-state index contributed by atoms with van der Waals surface area (Å²) < 4.78 is 1.13. The number of anilines is 1. The van der Waals surface area contributed by atoms with Crippen LogP contribution in [-0.2, 0) is 4.79 Å². The highest BCUT2D eigenvalue weighted by atomic mass is 32.1. The average molecular weight is 261 g/mol. The third-order valence-corrected chi connectivity index (χ3v) is 4.42. The van der Waals surface area contributed by atoms with Gasteiger partial charge in [-0.2, -0.15) is 0 Å². The molecule has 1 atom stereocenters. The molecule has 1 aliphatic heterocycles. The van der Waals surface area contributed by atoms with Crippen molar-refractivity contribution in [1.29, 1.82) is 0 Å². The van der Waals surface area contributed by atoms with Gasteiger partial charge in [-0.3, -0.25) is 9.69 Å². The number of para-hydroxylation sites is 1. The van der Waals surface area contributed by atoms with Crippen molar-refractivity contribution in [1.82, 2.24) is 4.98 Å². The number of aromatic nitrogens is 1. The van der Waals surface area contributed by atoms with Gasteiger partial charge < -0.3 is 5.73 Å². The van der Waals surface area contributed by atoms with E-state index in [2.05, 4.69) is 4.98 Å². The zero-order valence-electron chi connectivity index (χ0n) is 10.2. The summed E-state index contributed by atoms with van der Waals surface area (Å²) in [6, 6.07) is 6.11. The second-order valence-corrected chi connectivity index (χ2v) is 5.74. The van der Waals surface area contributed by atoms with Crippen LogP contribution in [-0.4, -0.2) is 24.0 Å². The lowest BCUT2D eigenvalue weighted by molar-refractivity contribution is -0.117. The summed E-state index contributed by atoms with van der Waals surface area (Å²) >= 11 is 1.58. The number of amides is 1. The van der Waals surface area contributed by atoms with E-state index in [1.54, 1.807) is 16.2 Å². The van der Waals surface area contributed by atoms with Crippen molar-refractivity contribution < 1.29 is 4.79 Å². The van der Waals surface area contributed by atoms with Crippen molar-refractivity contribution in [2.75, 3.05) is 18.0 Å². The maximum absolute atomic E-state index is 11.9. The average Bonchev–Trinajstić information content (AvgIpc) is 2.93. The first-order chi connectivity index (χ1) is 8.69. The second kappa shape index (κ2) is 4.33. The predicted octanol–water partition coefficient (Wildman–Crippen LogP) is 1.92. The maximum Gasteiger partial charge on any atom is 0.229 e. The van der Waals surface area contributed by atoms with E-state index in [0.717, 1.165) is 20.9 Å². The Bertz CT molecular complexity index is 607. The van der Waals surface area contributed by atoms with Crippen LogP contribution in [0.15, 0.2) is 18.2 Å². The Labute approximate surface area is 109 Å². The van der Waals surface area contributed by atoms with Gasteiger partial charge in [-0.05, 0) is 31.0 Å². The molecule has 1 unspecified atom stereocenters. The highest BCUT2D eigenvalue weighted by Gasteiger charge is 2.31. The summed E-state index contributed by atoms with van der Waals surface area (Å²) in [6.45, 7) is 3.31. The summed E-state index contributed by atoms with van der Waals surface area (Å²) in [6.07, 6.45) is 0.547. The zero-order valence-corrected chi connectivity index (χ0v) is 11.0. The van der Waals surface area contributed by atoms with Gasteiger partial charge in [0.15, 0.2) is 5.13 Å². The monoisotopic (exact) mass is 261 g/mol. The van der Waals surface area contributed by atoms with Crippen molar-refractivity contribution >= 4 is 32.6 Å². The van der Waals surface area contributed by atoms with Gasteiger partial charge in [0.05, 0.1) is 10.2 Å². The molecule has 2 heterocycles. The summed E-state index contributed by atoms with van der Waals surface area (Å²) in [5.41, 5.74) is 7.79. The maximum atomic E-state index is 11.9. The molecule has 1 amide bonds. The number of rotatable bonds is 2. The van der Waals surface area contributed by atoms with Gasteiger partial charge in [-0.15, -0.1) is 0 Å². The first-order valence-electron chi connectivity index (χ1n) is 6.05. The molecular formula is C13H15N3OS. The normalized spacial score (nSPS) is 20.0. The minimum Gasteiger partial charge on any atom is -0.330 e. The predicted molar refractivity (Wildman–Crippen MR) is 73.9 cm³/mol. The first-order valence-corrected chi connectivity index (χ1v) is 6.87. The highest BCUT2D eigenvalue weighted by Crippen LogP contribution is 2.33. The quantitative estimate of drug-likeness (QED) is 0.898. The number of carbonyl (C=O) groups is 1. The molecule has 1 saturated heterocycles. The van der Waals surface area contributed by atoms with Crippen LogP contribution < -0.4 is 10.6 Å². The summed E-state index contributed by atoms with van der Waals surface area (Å²) in [5, 5.41) is 0.806. The molecule has 2 N–H and O–H groups in total. The number of aryl methyl sites for hydroxylation is 1. The Hall–Kier alpha value is -1.46. The van der Waals surface area contributed by atoms with Crippen molar-refractivity contribution in [2.24, 2.45) is 11.7 Å². The number of hydrogen-bond donors (Lipinski definition) is 1. The van der Waals surface area contributed by atoms with E-state index in [-0.39, 0.29) is 11.8 Å². The van der Waals surface area contributed by atoms with Gasteiger partial charge >= 0.3 is 0 Å². The highest BCUT2D eigenvalue weighted by molar-refractivity contribution is 7.22. The van der Waals surface area contributed by atoms with E-state index in [4.69, 9.17) is 5.73 Å². The standard InChI is InChI=1S/C13H15N3OS/c1-8-3-2-4-10-12(8)15-13(18-10)16-7-9(6-14)5-11(16)17/h2-4,9H,5-7,14H2,1H3. The lowest BCUT2D eigenvalue weighted by Gasteiger charge is -2.11. The van der Waals surface area contributed by atoms with E-state index in [1.807, 2.05) is 25.1 Å². The van der Waals surface area contributed by atoms with Crippen molar-refractivity contribution in [3.05, 3.63) is 23.8 Å². The Kier molecular flexibility index (Phi) is 2.80. The van der Waals surface area contributed by atoms with E-state index < -0.39 is 0 Å². The van der Waals surface area contributed by atoms with Gasteiger partial charge in [-0.1, -0.05) is 23.5 Å². The van der Waals surface area contributed by atoms with Crippen LogP contribution in [0.3, 0.4) is 0 Å². The van der Waals surface area contributed by atoms with Gasteiger partial charge in [0.25, 0.3) is 0 Å². The van der Waals surface area contributed by atoms with Crippen molar-refractivity contribution in [3.8, 4) is 0 Å². The van der Waals surface area contributed by atoms with Gasteiger partial charge in [0.1, 0.15) is 0 Å². The molecule has 4 nitrogen and oxygen atoms in total. The third-order valence-electron chi connectivity index (χ3n) is 3.38. The number of hydrogen-bond acceptors (Lipinski definition) is 4. The molecule has 94 valence electrons. The molecular weight excluding hydrogens is 246 g/mol. The van der Waals surface area contributed by atoms with E-state index >= 15 is 0 Å². The molecule has 0 saturated carbocycles. The smallest absolute Gasteiger partial charge is 0.229 e. The number of carbonyl (C=O) groups excluding carboxylic acids is 1. The fourth-order valence-electron chi connectivity index (χ4n) is 2.31. The van der Waals surface area contributed by atoms with Crippen LogP contribution in [0.5, 0.6) is 0 Å². The molecule has 2 aromatic rings. The van der Waals surface area contributed by atoms with Gasteiger partial charge in [-0.25, -0.2) is 4.98 Å². The molecule has 5 heteroatoms. The van der Waals surface area contributed by atoms with E-state index in [9.17, 15) is 4.79 Å². The molecule has 1 aromatic heterocycles. The lowest BCUT2D eigenvalue weighted by Crippen LogP contribution is -2.25. The number of benzene rings is 1. The lowest BCUT2D eigenvalue weighted by atomic mass is 10.1. The Morgan fingerprint density at radius 2 is 2.39 bits per heavy atom. The SMILES string of the molecule is Cc1cccc2sc(N3CC(CN)CC3=O)nc12. The summed E-state index contributed by atoms with van der Waals surface area (Å²) in [5.74, 6) is 0.410. The molecule has 3 rings (SSSR count). The van der Waals surface area contributed by atoms with Crippen LogP contribution in [0.1, 0.15) is 12.0 Å². The topological polar surface area (TPSA) is 59.2 Å². The van der Waals surface area contributed by atoms with Crippen LogP contribution in [0, 0.1) is 12.8 Å². The number of thiazole rings is 1. The molecule has 0 bridgehead atoms. The number of nitrogens with zero attached hydrogens (tertiary/aromatic N) is 2. The van der Waals surface area contributed by atoms with Gasteiger partial charge in [0.2, 0.25) is 5.91 Å². The molecule has 18 heavy (non-hydrogen) atoms. The third kappa shape index (κ3) is 1.79. The fraction of sp³-hybridized carbons (Fsp3) is 0.385. The molecule has 0 spiro atoms. The van der Waals surface area contributed by atoms with Crippen LogP contribution in [0.4, 0.5) is 5.13 Å². The molecule has 0 radical (unpaired) electrons. The molecule has 0 aliphatic carbocycles. The summed E-state index contributed by atoms with van der Waals surface area (Å²) in [4.78, 5) is 18.3. The zero-order chi connectivity index (χ0) is 12.7. The second-order valence-electron chi connectivity index (χ2n) is 4.73. The Morgan fingerprint density at radius 3 is 3.06 bits per heavy atom. The van der Waals surface area contributed by atoms with Crippen LogP contribution in [0.2, 0.25) is 0 Å². The Balaban J connectivity index is 2.00. The van der Waals surface area contributed by atoms with Crippen LogP contribution in [0.25, 0.3) is 10.2 Å². The molecule has 1 aromatic carbocycles. The summed E-state index contributed by atoms with van der Waals surface area (Å²) in [7, 11) is 0. The fourth-order valence-corrected chi connectivity index (χ4v) is 3.38. The Morgan fingerprint density at radius 1 is 1.56 bits per heavy atom. The van der Waals surface area contributed by atoms with E-state index in [0.29, 0.717) is 19.5 Å². The minimum atomic E-state index is 0.141. The number of fused-ring (bicyclic) bond motifs is 1. The van der Waals surface area contributed by atoms with Crippen molar-refractivity contribution in [2.45, 2.75) is 13.3 Å². The van der Waals surface area contributed by atoms with Gasteiger partial charge in [0, 0.05) is 13.0 Å². The molecule has 1 fully saturated rings. The van der Waals surface area contributed by atoms with Crippen LogP contribution >= 0.6 is 11.3 Å².